The van der Waals surface area contributed by atoms with Gasteiger partial charge in [0.2, 0.25) is 0 Å². The molecule has 0 aromatic heterocycles. The van der Waals surface area contributed by atoms with E-state index in [-0.39, 0.29) is 5.91 Å². The number of carbonyl (C=O) groups excluding carboxylic acids is 2. The number of ether oxygens (including phenoxy) is 2. The summed E-state index contributed by atoms with van der Waals surface area (Å²) in [4.78, 5) is 24.1. The van der Waals surface area contributed by atoms with Gasteiger partial charge in [0.25, 0.3) is 5.91 Å². The van der Waals surface area contributed by atoms with E-state index in [1.165, 1.54) is 5.56 Å². The molecule has 1 unspecified atom stereocenters. The van der Waals surface area contributed by atoms with Crippen LogP contribution in [0.15, 0.2) is 48.5 Å². The van der Waals surface area contributed by atoms with Crippen LogP contribution < -0.4 is 10.1 Å². The summed E-state index contributed by atoms with van der Waals surface area (Å²) in [5.74, 6) is -0.0588. The predicted octanol–water partition coefficient (Wildman–Crippen LogP) is 4.22. The summed E-state index contributed by atoms with van der Waals surface area (Å²) >= 11 is 0. The smallest absolute Gasteiger partial charge is 0.338 e. The molecule has 26 heavy (non-hydrogen) atoms. The van der Waals surface area contributed by atoms with Crippen LogP contribution in [0.25, 0.3) is 0 Å². The molecule has 0 spiro atoms. The monoisotopic (exact) mass is 355 g/mol. The van der Waals surface area contributed by atoms with Crippen molar-refractivity contribution >= 4 is 17.6 Å². The number of benzene rings is 2. The zero-order valence-corrected chi connectivity index (χ0v) is 15.5. The maximum Gasteiger partial charge on any atom is 0.338 e. The second kappa shape index (κ2) is 9.61. The van der Waals surface area contributed by atoms with Gasteiger partial charge in [-0.2, -0.15) is 0 Å². The highest BCUT2D eigenvalue weighted by Gasteiger charge is 2.16. The third kappa shape index (κ3) is 5.62. The zero-order valence-electron chi connectivity index (χ0n) is 15.5. The molecular weight excluding hydrogens is 330 g/mol. The minimum absolute atomic E-state index is 0.288. The van der Waals surface area contributed by atoms with Crippen LogP contribution in [0.5, 0.6) is 5.75 Å². The van der Waals surface area contributed by atoms with Crippen molar-refractivity contribution in [3.63, 3.8) is 0 Å². The first kappa shape index (κ1) is 19.5. The highest BCUT2D eigenvalue weighted by atomic mass is 16.5. The number of aryl methyl sites for hydroxylation is 1. The lowest BCUT2D eigenvalue weighted by atomic mass is 10.1. The topological polar surface area (TPSA) is 64.6 Å². The molecule has 138 valence electrons. The number of anilines is 1. The minimum atomic E-state index is -0.668. The van der Waals surface area contributed by atoms with Gasteiger partial charge in [0, 0.05) is 5.69 Å². The van der Waals surface area contributed by atoms with Crippen LogP contribution in [0.3, 0.4) is 0 Å². The molecule has 2 rings (SSSR count). The van der Waals surface area contributed by atoms with Gasteiger partial charge < -0.3 is 14.8 Å². The van der Waals surface area contributed by atoms with Crippen molar-refractivity contribution in [2.24, 2.45) is 0 Å². The molecule has 0 fully saturated rings. The van der Waals surface area contributed by atoms with Gasteiger partial charge in [0.05, 0.1) is 12.2 Å². The fraction of sp³-hybridized carbons (Fsp3) is 0.333. The van der Waals surface area contributed by atoms with Gasteiger partial charge in [-0.3, -0.25) is 4.79 Å². The molecular formula is C21H25NO4. The van der Waals surface area contributed by atoms with E-state index in [4.69, 9.17) is 9.47 Å². The Kier molecular flexibility index (Phi) is 7.21. The Balaban J connectivity index is 1.96. The molecule has 2 aromatic rings. The molecule has 5 heteroatoms. The molecule has 0 aliphatic heterocycles. The van der Waals surface area contributed by atoms with Gasteiger partial charge in [0.15, 0.2) is 6.10 Å². The highest BCUT2D eigenvalue weighted by Crippen LogP contribution is 2.17. The van der Waals surface area contributed by atoms with Crippen LogP contribution in [0.1, 0.15) is 43.1 Å². The lowest BCUT2D eigenvalue weighted by Gasteiger charge is -2.15. The maximum atomic E-state index is 12.3. The third-order valence-electron chi connectivity index (χ3n) is 3.79. The molecule has 2 aromatic carbocycles. The number of esters is 1. The first-order valence-electron chi connectivity index (χ1n) is 8.87. The maximum absolute atomic E-state index is 12.3. The molecule has 0 bridgehead atoms. The Hall–Kier alpha value is -2.82. The van der Waals surface area contributed by atoms with Crippen LogP contribution >= 0.6 is 0 Å². The number of nitrogens with one attached hydrogen (secondary N) is 1. The quantitative estimate of drug-likeness (QED) is 0.720. The summed E-state index contributed by atoms with van der Waals surface area (Å²) in [6.07, 6.45) is 1.44. The largest absolute Gasteiger partial charge is 0.481 e. The molecule has 0 aliphatic carbocycles. The van der Waals surface area contributed by atoms with Gasteiger partial charge in [-0.15, -0.1) is 0 Å². The van der Waals surface area contributed by atoms with E-state index in [9.17, 15) is 9.59 Å². The molecule has 0 radical (unpaired) electrons. The Morgan fingerprint density at radius 1 is 1.08 bits per heavy atom. The fourth-order valence-electron chi connectivity index (χ4n) is 2.46. The fourth-order valence-corrected chi connectivity index (χ4v) is 2.46. The number of hydrogen-bond acceptors (Lipinski definition) is 4. The second-order valence-corrected chi connectivity index (χ2v) is 5.94. The van der Waals surface area contributed by atoms with E-state index in [1.54, 1.807) is 38.1 Å². The first-order chi connectivity index (χ1) is 12.5. The number of carbonyl (C=O) groups is 2. The summed E-state index contributed by atoms with van der Waals surface area (Å²) in [5, 5.41) is 2.76. The van der Waals surface area contributed by atoms with Crippen LogP contribution in [0.4, 0.5) is 5.69 Å². The van der Waals surface area contributed by atoms with Gasteiger partial charge in [-0.05, 0) is 56.2 Å². The molecule has 1 N–H and O–H groups in total. The van der Waals surface area contributed by atoms with Crippen molar-refractivity contribution in [2.75, 3.05) is 11.9 Å². The van der Waals surface area contributed by atoms with Gasteiger partial charge in [-0.25, -0.2) is 4.79 Å². The van der Waals surface area contributed by atoms with Gasteiger partial charge in [0.1, 0.15) is 5.75 Å². The Morgan fingerprint density at radius 2 is 1.81 bits per heavy atom. The van der Waals surface area contributed by atoms with Gasteiger partial charge >= 0.3 is 5.97 Å². The first-order valence-corrected chi connectivity index (χ1v) is 8.87. The molecule has 0 heterocycles. The molecule has 0 aliphatic rings. The Bertz CT molecular complexity index is 740. The Morgan fingerprint density at radius 3 is 2.46 bits per heavy atom. The summed E-state index contributed by atoms with van der Waals surface area (Å²) in [6, 6.07) is 14.4. The molecule has 1 atom stereocenters. The van der Waals surface area contributed by atoms with Crippen molar-refractivity contribution in [1.82, 2.24) is 0 Å². The summed E-state index contributed by atoms with van der Waals surface area (Å²) in [5.41, 5.74) is 2.16. The summed E-state index contributed by atoms with van der Waals surface area (Å²) in [6.45, 7) is 5.87. The standard InChI is InChI=1S/C21H25NO4/c1-4-7-16-10-12-19(13-11-16)26-15(3)20(23)22-18-9-6-8-17(14-18)21(24)25-5-2/h6,8-15H,4-5,7H2,1-3H3,(H,22,23). The molecule has 1 amide bonds. The average molecular weight is 355 g/mol. The van der Waals surface area contributed by atoms with Gasteiger partial charge in [-0.1, -0.05) is 31.5 Å². The number of rotatable bonds is 8. The van der Waals surface area contributed by atoms with Crippen LogP contribution in [-0.4, -0.2) is 24.6 Å². The van der Waals surface area contributed by atoms with E-state index < -0.39 is 12.1 Å². The van der Waals surface area contributed by atoms with Crippen LogP contribution in [0.2, 0.25) is 0 Å². The van der Waals surface area contributed by atoms with Crippen LogP contribution in [-0.2, 0) is 16.0 Å². The summed E-state index contributed by atoms with van der Waals surface area (Å²) in [7, 11) is 0. The zero-order chi connectivity index (χ0) is 18.9. The molecule has 5 nitrogen and oxygen atoms in total. The molecule has 0 saturated carbocycles. The number of amides is 1. The third-order valence-corrected chi connectivity index (χ3v) is 3.79. The van der Waals surface area contributed by atoms with Crippen molar-refractivity contribution in [3.05, 3.63) is 59.7 Å². The van der Waals surface area contributed by atoms with Crippen molar-refractivity contribution in [3.8, 4) is 5.75 Å². The van der Waals surface area contributed by atoms with E-state index in [0.29, 0.717) is 23.6 Å². The highest BCUT2D eigenvalue weighted by molar-refractivity contribution is 5.96. The normalized spacial score (nSPS) is 11.5. The van der Waals surface area contributed by atoms with Crippen molar-refractivity contribution < 1.29 is 19.1 Å². The van der Waals surface area contributed by atoms with Crippen molar-refractivity contribution in [1.29, 1.82) is 0 Å². The Labute approximate surface area is 154 Å². The lowest BCUT2D eigenvalue weighted by molar-refractivity contribution is -0.122. The van der Waals surface area contributed by atoms with Crippen molar-refractivity contribution in [2.45, 2.75) is 39.7 Å². The molecule has 0 saturated heterocycles. The van der Waals surface area contributed by atoms with Crippen LogP contribution in [0, 0.1) is 0 Å². The lowest BCUT2D eigenvalue weighted by Crippen LogP contribution is -2.30. The SMILES string of the molecule is CCCc1ccc(OC(C)C(=O)Nc2cccc(C(=O)OCC)c2)cc1. The number of hydrogen-bond donors (Lipinski definition) is 1. The van der Waals surface area contributed by atoms with E-state index >= 15 is 0 Å². The van der Waals surface area contributed by atoms with E-state index in [2.05, 4.69) is 12.2 Å². The minimum Gasteiger partial charge on any atom is -0.481 e. The summed E-state index contributed by atoms with van der Waals surface area (Å²) < 4.78 is 10.7. The van der Waals surface area contributed by atoms with E-state index in [1.807, 2.05) is 24.3 Å². The van der Waals surface area contributed by atoms with E-state index in [0.717, 1.165) is 12.8 Å². The predicted molar refractivity (Wildman–Crippen MR) is 102 cm³/mol. The second-order valence-electron chi connectivity index (χ2n) is 5.94. The average Bonchev–Trinajstić information content (AvgIpc) is 2.64.